The van der Waals surface area contributed by atoms with Gasteiger partial charge in [0.15, 0.2) is 0 Å². The van der Waals surface area contributed by atoms with Crippen molar-refractivity contribution in [1.29, 1.82) is 0 Å². The summed E-state index contributed by atoms with van der Waals surface area (Å²) in [6.45, 7) is 4.39. The zero-order chi connectivity index (χ0) is 12.2. The van der Waals surface area contributed by atoms with Gasteiger partial charge < -0.3 is 10.3 Å². The second-order valence-electron chi connectivity index (χ2n) is 5.66. The Balaban J connectivity index is 2.09. The number of rotatable bonds is 2. The van der Waals surface area contributed by atoms with Gasteiger partial charge in [-0.1, -0.05) is 6.07 Å². The monoisotopic (exact) mass is 228 g/mol. The predicted octanol–water partition coefficient (Wildman–Crippen LogP) is 2.83. The van der Waals surface area contributed by atoms with E-state index in [1.54, 1.807) is 0 Å². The van der Waals surface area contributed by atoms with Crippen LogP contribution >= 0.6 is 0 Å². The summed E-state index contributed by atoms with van der Waals surface area (Å²) < 4.78 is 2.27. The van der Waals surface area contributed by atoms with Crippen LogP contribution in [0.2, 0.25) is 0 Å². The summed E-state index contributed by atoms with van der Waals surface area (Å²) in [5, 5.41) is 1.38. The number of aromatic nitrogens is 1. The van der Waals surface area contributed by atoms with Crippen molar-refractivity contribution in [3.63, 3.8) is 0 Å². The van der Waals surface area contributed by atoms with Crippen LogP contribution in [0.4, 0.5) is 0 Å². The fourth-order valence-electron chi connectivity index (χ4n) is 2.66. The summed E-state index contributed by atoms with van der Waals surface area (Å²) in [7, 11) is 2.13. The second-order valence-corrected chi connectivity index (χ2v) is 5.66. The van der Waals surface area contributed by atoms with Crippen LogP contribution in [0.5, 0.6) is 0 Å². The minimum Gasteiger partial charge on any atom is -0.348 e. The minimum absolute atomic E-state index is 0.103. The maximum Gasteiger partial charge on any atom is 0.0482 e. The van der Waals surface area contributed by atoms with E-state index >= 15 is 0 Å². The number of fused-ring (bicyclic) bond motifs is 1. The van der Waals surface area contributed by atoms with Gasteiger partial charge in [0.05, 0.1) is 0 Å². The molecule has 1 aromatic heterocycles. The fourth-order valence-corrected chi connectivity index (χ4v) is 2.66. The molecule has 0 spiro atoms. The Kier molecular flexibility index (Phi) is 2.14. The van der Waals surface area contributed by atoms with E-state index in [0.717, 1.165) is 6.42 Å². The molecule has 0 atom stereocenters. The zero-order valence-electron chi connectivity index (χ0n) is 10.9. The fraction of sp³-hybridized carbons (Fsp3) is 0.467. The van der Waals surface area contributed by atoms with Gasteiger partial charge in [-0.05, 0) is 56.4 Å². The number of nitrogens with zero attached hydrogens (tertiary/aromatic N) is 1. The van der Waals surface area contributed by atoms with Crippen molar-refractivity contribution >= 4 is 10.9 Å². The van der Waals surface area contributed by atoms with Crippen LogP contribution in [-0.4, -0.2) is 10.1 Å². The summed E-state index contributed by atoms with van der Waals surface area (Å²) in [6, 6.07) is 6.79. The molecule has 2 heteroatoms. The molecule has 0 aliphatic heterocycles. The molecule has 1 heterocycles. The minimum atomic E-state index is 0.103. The number of nitrogens with two attached hydrogens (primary N) is 1. The summed E-state index contributed by atoms with van der Waals surface area (Å²) >= 11 is 0. The first-order chi connectivity index (χ1) is 8.00. The normalized spacial score (nSPS) is 17.6. The highest BCUT2D eigenvalue weighted by Gasteiger charge is 2.37. The molecule has 2 aromatic rings. The van der Waals surface area contributed by atoms with Crippen molar-refractivity contribution in [2.75, 3.05) is 0 Å². The highest BCUT2D eigenvalue weighted by molar-refractivity contribution is 5.85. The van der Waals surface area contributed by atoms with E-state index in [4.69, 9.17) is 5.73 Å². The molecule has 3 rings (SSSR count). The third-order valence-corrected chi connectivity index (χ3v) is 4.32. The third-order valence-electron chi connectivity index (χ3n) is 4.32. The first-order valence-electron chi connectivity index (χ1n) is 6.34. The van der Waals surface area contributed by atoms with Gasteiger partial charge in [0, 0.05) is 29.2 Å². The van der Waals surface area contributed by atoms with Crippen molar-refractivity contribution in [2.45, 2.75) is 38.6 Å². The molecular formula is C15H20N2. The van der Waals surface area contributed by atoms with E-state index in [-0.39, 0.29) is 5.54 Å². The molecular weight excluding hydrogens is 208 g/mol. The van der Waals surface area contributed by atoms with Gasteiger partial charge in [-0.25, -0.2) is 0 Å². The van der Waals surface area contributed by atoms with Crippen LogP contribution in [-0.2, 0) is 13.5 Å². The Labute approximate surface area is 102 Å². The van der Waals surface area contributed by atoms with E-state index in [1.807, 2.05) is 0 Å². The van der Waals surface area contributed by atoms with Crippen LogP contribution < -0.4 is 5.73 Å². The summed E-state index contributed by atoms with van der Waals surface area (Å²) in [4.78, 5) is 0. The molecule has 90 valence electrons. The van der Waals surface area contributed by atoms with Crippen molar-refractivity contribution in [3.05, 3.63) is 35.0 Å². The second kappa shape index (κ2) is 3.36. The van der Waals surface area contributed by atoms with Crippen LogP contribution in [0, 0.1) is 13.8 Å². The van der Waals surface area contributed by atoms with Gasteiger partial charge >= 0.3 is 0 Å². The standard InChI is InChI=1S/C15H20N2/c1-10-11(2)17(3)14-5-4-12(8-13(10)14)9-15(16)6-7-15/h4-5,8H,6-7,9,16H2,1-3H3. The highest BCUT2D eigenvalue weighted by Crippen LogP contribution is 2.36. The first-order valence-corrected chi connectivity index (χ1v) is 6.34. The van der Waals surface area contributed by atoms with Gasteiger partial charge in [-0.15, -0.1) is 0 Å². The maximum atomic E-state index is 6.19. The summed E-state index contributed by atoms with van der Waals surface area (Å²) in [5.41, 5.74) is 11.7. The Morgan fingerprint density at radius 3 is 2.65 bits per heavy atom. The topological polar surface area (TPSA) is 30.9 Å². The number of benzene rings is 1. The van der Waals surface area contributed by atoms with E-state index in [9.17, 15) is 0 Å². The summed E-state index contributed by atoms with van der Waals surface area (Å²) in [5.74, 6) is 0. The number of aryl methyl sites for hydroxylation is 2. The number of hydrogen-bond donors (Lipinski definition) is 1. The SMILES string of the molecule is Cc1c(C)n(C)c2ccc(CC3(N)CC3)cc12. The quantitative estimate of drug-likeness (QED) is 0.842. The van der Waals surface area contributed by atoms with Crippen molar-refractivity contribution in [1.82, 2.24) is 4.57 Å². The van der Waals surface area contributed by atoms with Gasteiger partial charge in [0.25, 0.3) is 0 Å². The molecule has 0 radical (unpaired) electrons. The molecule has 2 N–H and O–H groups in total. The molecule has 0 saturated heterocycles. The average Bonchev–Trinajstić information content (AvgIpc) is 2.99. The largest absolute Gasteiger partial charge is 0.348 e. The lowest BCUT2D eigenvalue weighted by Gasteiger charge is -2.08. The van der Waals surface area contributed by atoms with Crippen molar-refractivity contribution < 1.29 is 0 Å². The van der Waals surface area contributed by atoms with Crippen LogP contribution in [0.25, 0.3) is 10.9 Å². The van der Waals surface area contributed by atoms with E-state index in [0.29, 0.717) is 0 Å². The molecule has 1 fully saturated rings. The average molecular weight is 228 g/mol. The van der Waals surface area contributed by atoms with Gasteiger partial charge in [0.1, 0.15) is 0 Å². The van der Waals surface area contributed by atoms with Gasteiger partial charge in [-0.2, -0.15) is 0 Å². The maximum absolute atomic E-state index is 6.19. The molecule has 0 bridgehead atoms. The van der Waals surface area contributed by atoms with E-state index in [2.05, 4.69) is 43.7 Å². The molecule has 0 unspecified atom stereocenters. The Hall–Kier alpha value is -1.28. The first kappa shape index (κ1) is 10.8. The number of hydrogen-bond acceptors (Lipinski definition) is 1. The van der Waals surface area contributed by atoms with E-state index in [1.165, 1.54) is 40.6 Å². The summed E-state index contributed by atoms with van der Waals surface area (Å²) in [6.07, 6.45) is 3.38. The Morgan fingerprint density at radius 2 is 2.00 bits per heavy atom. The highest BCUT2D eigenvalue weighted by atomic mass is 14.9. The molecule has 17 heavy (non-hydrogen) atoms. The van der Waals surface area contributed by atoms with E-state index < -0.39 is 0 Å². The lowest BCUT2D eigenvalue weighted by molar-refractivity contribution is 0.672. The molecule has 1 aliphatic carbocycles. The molecule has 1 saturated carbocycles. The third kappa shape index (κ3) is 1.67. The Morgan fingerprint density at radius 1 is 1.29 bits per heavy atom. The molecule has 1 aliphatic rings. The predicted molar refractivity (Wildman–Crippen MR) is 72.2 cm³/mol. The zero-order valence-corrected chi connectivity index (χ0v) is 10.9. The van der Waals surface area contributed by atoms with Crippen molar-refractivity contribution in [2.24, 2.45) is 12.8 Å². The lowest BCUT2D eigenvalue weighted by Crippen LogP contribution is -2.24. The molecule has 2 nitrogen and oxygen atoms in total. The van der Waals surface area contributed by atoms with Gasteiger partial charge in [0.2, 0.25) is 0 Å². The van der Waals surface area contributed by atoms with Crippen LogP contribution in [0.15, 0.2) is 18.2 Å². The molecule has 1 aromatic carbocycles. The van der Waals surface area contributed by atoms with Crippen molar-refractivity contribution in [3.8, 4) is 0 Å². The Bertz CT molecular complexity index is 588. The smallest absolute Gasteiger partial charge is 0.0482 e. The van der Waals surface area contributed by atoms with Gasteiger partial charge in [-0.3, -0.25) is 0 Å². The van der Waals surface area contributed by atoms with Crippen LogP contribution in [0.1, 0.15) is 29.7 Å². The van der Waals surface area contributed by atoms with Crippen LogP contribution in [0.3, 0.4) is 0 Å². The lowest BCUT2D eigenvalue weighted by atomic mass is 10.0. The molecule has 0 amide bonds.